The van der Waals surface area contributed by atoms with Crippen LogP contribution in [-0.2, 0) is 17.6 Å². The van der Waals surface area contributed by atoms with Crippen molar-refractivity contribution in [2.45, 2.75) is 38.6 Å². The van der Waals surface area contributed by atoms with Crippen molar-refractivity contribution in [2.24, 2.45) is 0 Å². The number of hydrogen-bond donors (Lipinski definition) is 2. The van der Waals surface area contributed by atoms with Crippen LogP contribution in [0.25, 0.3) is 10.8 Å². The Bertz CT molecular complexity index is 1150. The van der Waals surface area contributed by atoms with Gasteiger partial charge in [-0.05, 0) is 36.9 Å². The summed E-state index contributed by atoms with van der Waals surface area (Å²) in [5, 5.41) is 13.4. The van der Waals surface area contributed by atoms with Crippen LogP contribution in [0, 0.1) is 0 Å². The highest BCUT2D eigenvalue weighted by Crippen LogP contribution is 2.32. The predicted molar refractivity (Wildman–Crippen MR) is 111 cm³/mol. The first-order valence-corrected chi connectivity index (χ1v) is 9.78. The number of hydrogen-bond acceptors (Lipinski definition) is 4. The molecule has 0 bridgehead atoms. The maximum Gasteiger partial charge on any atom is 0.417 e. The number of halogens is 3. The zero-order valence-electron chi connectivity index (χ0n) is 17.4. The summed E-state index contributed by atoms with van der Waals surface area (Å²) in [6, 6.07) is 12.4. The van der Waals surface area contributed by atoms with E-state index in [4.69, 9.17) is 4.74 Å². The van der Waals surface area contributed by atoms with Crippen LogP contribution in [0.4, 0.5) is 13.2 Å². The van der Waals surface area contributed by atoms with Gasteiger partial charge < -0.3 is 15.2 Å². The molecule has 32 heavy (non-hydrogen) atoms. The molecule has 168 valence electrons. The summed E-state index contributed by atoms with van der Waals surface area (Å²) >= 11 is 0. The number of aromatic nitrogens is 1. The minimum Gasteiger partial charge on any atom is -0.486 e. The van der Waals surface area contributed by atoms with E-state index >= 15 is 0 Å². The Morgan fingerprint density at radius 2 is 1.81 bits per heavy atom. The lowest BCUT2D eigenvalue weighted by molar-refractivity contribution is -0.144. The molecule has 1 heterocycles. The molecule has 2 N–H and O–H groups in total. The highest BCUT2D eigenvalue weighted by Gasteiger charge is 2.34. The lowest BCUT2D eigenvalue weighted by atomic mass is 9.97. The van der Waals surface area contributed by atoms with Gasteiger partial charge in [0.2, 0.25) is 0 Å². The number of amides is 1. The van der Waals surface area contributed by atoms with Gasteiger partial charge in [-0.25, -0.2) is 4.79 Å². The van der Waals surface area contributed by atoms with E-state index < -0.39 is 29.2 Å². The minimum atomic E-state index is -4.50. The van der Waals surface area contributed by atoms with Crippen molar-refractivity contribution in [2.75, 3.05) is 0 Å². The molecule has 0 saturated carbocycles. The summed E-state index contributed by atoms with van der Waals surface area (Å²) in [6.45, 7) is 2.86. The second kappa shape index (κ2) is 8.86. The highest BCUT2D eigenvalue weighted by molar-refractivity contribution is 6.05. The van der Waals surface area contributed by atoms with Crippen molar-refractivity contribution in [1.29, 1.82) is 0 Å². The molecule has 3 aromatic rings. The Hall–Kier alpha value is -3.62. The number of ether oxygens (including phenoxy) is 1. The van der Waals surface area contributed by atoms with Crippen molar-refractivity contribution in [1.82, 2.24) is 10.3 Å². The van der Waals surface area contributed by atoms with Crippen LogP contribution in [0.15, 0.2) is 54.7 Å². The fourth-order valence-corrected chi connectivity index (χ4v) is 3.01. The molecule has 0 radical (unpaired) electrons. The number of alkyl halides is 3. The van der Waals surface area contributed by atoms with Crippen LogP contribution in [0.3, 0.4) is 0 Å². The first-order chi connectivity index (χ1) is 15.0. The molecule has 0 aliphatic carbocycles. The third-order valence-corrected chi connectivity index (χ3v) is 5.21. The third kappa shape index (κ3) is 4.82. The molecule has 1 atom stereocenters. The summed E-state index contributed by atoms with van der Waals surface area (Å²) < 4.78 is 44.1. The van der Waals surface area contributed by atoms with Crippen LogP contribution >= 0.6 is 0 Å². The van der Waals surface area contributed by atoms with E-state index in [1.807, 2.05) is 12.1 Å². The molecule has 3 rings (SSSR count). The van der Waals surface area contributed by atoms with E-state index in [0.29, 0.717) is 5.39 Å². The molecule has 1 aromatic heterocycles. The predicted octanol–water partition coefficient (Wildman–Crippen LogP) is 4.82. The zero-order valence-corrected chi connectivity index (χ0v) is 17.4. The van der Waals surface area contributed by atoms with E-state index in [-0.39, 0.29) is 30.0 Å². The fraction of sp³-hybridized carbons (Fsp3) is 0.261. The smallest absolute Gasteiger partial charge is 0.417 e. The van der Waals surface area contributed by atoms with Gasteiger partial charge in [0.15, 0.2) is 0 Å². The third-order valence-electron chi connectivity index (χ3n) is 5.21. The van der Waals surface area contributed by atoms with Crippen molar-refractivity contribution in [3.05, 3.63) is 71.5 Å². The number of fused-ring (bicyclic) bond motifs is 1. The van der Waals surface area contributed by atoms with Gasteiger partial charge in [-0.2, -0.15) is 13.2 Å². The Kier molecular flexibility index (Phi) is 6.38. The maximum atomic E-state index is 13.0. The van der Waals surface area contributed by atoms with Crippen molar-refractivity contribution in [3.8, 4) is 5.75 Å². The number of carbonyl (C=O) groups excluding carboxylic acids is 1. The van der Waals surface area contributed by atoms with E-state index in [0.717, 1.165) is 17.6 Å². The van der Waals surface area contributed by atoms with Crippen molar-refractivity contribution >= 4 is 22.6 Å². The maximum absolute atomic E-state index is 13.0. The van der Waals surface area contributed by atoms with Gasteiger partial charge >= 0.3 is 12.1 Å². The molecule has 0 spiro atoms. The number of carbonyl (C=O) groups is 2. The second-order valence-corrected chi connectivity index (χ2v) is 7.43. The van der Waals surface area contributed by atoms with E-state index in [2.05, 4.69) is 10.3 Å². The zero-order chi connectivity index (χ0) is 23.5. The van der Waals surface area contributed by atoms with Gasteiger partial charge in [0.05, 0.1) is 16.8 Å². The molecule has 0 aliphatic heterocycles. The molecule has 0 aliphatic rings. The largest absolute Gasteiger partial charge is 0.486 e. The van der Waals surface area contributed by atoms with Gasteiger partial charge in [0.25, 0.3) is 5.91 Å². The molecule has 6 nitrogen and oxygen atoms in total. The monoisotopic (exact) mass is 446 g/mol. The number of benzene rings is 2. The summed E-state index contributed by atoms with van der Waals surface area (Å²) in [5.74, 6) is -1.63. The Morgan fingerprint density at radius 1 is 1.09 bits per heavy atom. The Balaban J connectivity index is 1.94. The minimum absolute atomic E-state index is 0.108. The normalized spacial score (nSPS) is 13.4. The van der Waals surface area contributed by atoms with Crippen LogP contribution in [0.2, 0.25) is 0 Å². The van der Waals surface area contributed by atoms with Gasteiger partial charge in [-0.15, -0.1) is 0 Å². The lowest BCUT2D eigenvalue weighted by Gasteiger charge is -2.25. The molecule has 0 fully saturated rings. The Labute approximate surface area is 182 Å². The molecular weight excluding hydrogens is 425 g/mol. The van der Waals surface area contributed by atoms with Crippen LogP contribution in [0.5, 0.6) is 5.75 Å². The van der Waals surface area contributed by atoms with Crippen molar-refractivity contribution < 1.29 is 32.6 Å². The number of carboxylic acid groups (broad SMARTS) is 1. The first kappa shape index (κ1) is 23.1. The molecular formula is C23H21F3N2O4. The molecule has 1 amide bonds. The molecule has 1 unspecified atom stereocenters. The van der Waals surface area contributed by atoms with Gasteiger partial charge in [-0.1, -0.05) is 37.3 Å². The molecule has 9 heteroatoms. The van der Waals surface area contributed by atoms with Crippen molar-refractivity contribution in [3.63, 3.8) is 0 Å². The first-order valence-electron chi connectivity index (χ1n) is 9.78. The second-order valence-electron chi connectivity index (χ2n) is 7.43. The van der Waals surface area contributed by atoms with Crippen LogP contribution < -0.4 is 10.1 Å². The number of nitrogens with zero attached hydrogens (tertiary/aromatic N) is 1. The fourth-order valence-electron chi connectivity index (χ4n) is 3.01. The van der Waals surface area contributed by atoms with Crippen LogP contribution in [0.1, 0.15) is 41.9 Å². The SMILES string of the molecule is CCC(C)(NC(=O)c1ccc2ccccc2c1OCc1ccc(C(F)(F)F)cn1)C(=O)O. The van der Waals surface area contributed by atoms with Crippen LogP contribution in [-0.4, -0.2) is 27.5 Å². The summed E-state index contributed by atoms with van der Waals surface area (Å²) in [7, 11) is 0. The molecule has 0 saturated heterocycles. The average molecular weight is 446 g/mol. The van der Waals surface area contributed by atoms with Gasteiger partial charge in [0, 0.05) is 11.6 Å². The number of pyridine rings is 1. The van der Waals surface area contributed by atoms with Gasteiger partial charge in [0.1, 0.15) is 17.9 Å². The summed E-state index contributed by atoms with van der Waals surface area (Å²) in [4.78, 5) is 28.3. The van der Waals surface area contributed by atoms with E-state index in [1.165, 1.54) is 19.1 Å². The van der Waals surface area contributed by atoms with Gasteiger partial charge in [-0.3, -0.25) is 9.78 Å². The highest BCUT2D eigenvalue weighted by atomic mass is 19.4. The number of rotatable bonds is 7. The topological polar surface area (TPSA) is 88.5 Å². The number of carboxylic acids is 1. The quantitative estimate of drug-likeness (QED) is 0.544. The average Bonchev–Trinajstić information content (AvgIpc) is 2.76. The van der Waals surface area contributed by atoms with E-state index in [9.17, 15) is 27.9 Å². The number of aliphatic carboxylic acids is 1. The standard InChI is InChI=1S/C23H21F3N2O4/c1-3-22(2,21(30)31)28-20(29)18-11-8-14-6-4-5-7-17(14)19(18)32-13-16-10-9-15(12-27-16)23(24,25)26/h4-12H,3,13H2,1-2H3,(H,28,29)(H,30,31). The number of nitrogens with one attached hydrogen (secondary N) is 1. The lowest BCUT2D eigenvalue weighted by Crippen LogP contribution is -2.51. The molecule has 2 aromatic carbocycles. The van der Waals surface area contributed by atoms with E-state index in [1.54, 1.807) is 25.1 Å². The Morgan fingerprint density at radius 3 is 2.41 bits per heavy atom. The summed E-state index contributed by atoms with van der Waals surface area (Å²) in [5.41, 5.74) is -2.01. The summed E-state index contributed by atoms with van der Waals surface area (Å²) in [6.07, 6.45) is -3.62.